The molecule has 140 valence electrons. The van der Waals surface area contributed by atoms with Crippen molar-refractivity contribution in [1.82, 2.24) is 0 Å². The van der Waals surface area contributed by atoms with Crippen LogP contribution in [0.1, 0.15) is 46.0 Å². The van der Waals surface area contributed by atoms with E-state index < -0.39 is 23.6 Å². The molecule has 5 heteroatoms. The van der Waals surface area contributed by atoms with E-state index in [1.165, 1.54) is 0 Å². The van der Waals surface area contributed by atoms with Crippen LogP contribution in [0.25, 0.3) is 0 Å². The first-order valence-electron chi connectivity index (χ1n) is 9.26. The zero-order valence-electron chi connectivity index (χ0n) is 15.2. The Balaban J connectivity index is 1.89. The first-order chi connectivity index (χ1) is 11.7. The van der Waals surface area contributed by atoms with Crippen LogP contribution in [0.15, 0.2) is 23.8 Å². The van der Waals surface area contributed by atoms with E-state index in [2.05, 4.69) is 13.5 Å². The van der Waals surface area contributed by atoms with Gasteiger partial charge in [-0.25, -0.2) is 4.79 Å². The second kappa shape index (κ2) is 6.53. The zero-order valence-corrected chi connectivity index (χ0v) is 15.2. The summed E-state index contributed by atoms with van der Waals surface area (Å²) in [4.78, 5) is 11.8. The molecule has 3 rings (SSSR count). The highest BCUT2D eigenvalue weighted by Gasteiger charge is 2.57. The van der Waals surface area contributed by atoms with Crippen molar-refractivity contribution in [1.29, 1.82) is 0 Å². The van der Waals surface area contributed by atoms with E-state index in [1.54, 1.807) is 0 Å². The molecule has 2 aliphatic carbocycles. The SMILES string of the molecule is C=C1CC[C@H]2[C@](C)(CO)[C@H](O)CC[C@@]2(C)[C@H]1C/C=C1/C(=O)OC[C@@H]1O. The molecule has 3 aliphatic rings. The van der Waals surface area contributed by atoms with Gasteiger partial charge < -0.3 is 20.1 Å². The Morgan fingerprint density at radius 3 is 2.64 bits per heavy atom. The Morgan fingerprint density at radius 1 is 1.32 bits per heavy atom. The highest BCUT2D eigenvalue weighted by molar-refractivity contribution is 5.91. The Bertz CT molecular complexity index is 597. The van der Waals surface area contributed by atoms with Crippen molar-refractivity contribution in [2.75, 3.05) is 13.2 Å². The third-order valence-electron chi connectivity index (χ3n) is 7.23. The van der Waals surface area contributed by atoms with Gasteiger partial charge in [0, 0.05) is 5.41 Å². The standard InChI is InChI=1S/C20H30O5/c1-12-4-7-16-19(2,9-8-17(23)20(16,3)11-21)14(12)6-5-13-15(22)10-25-18(13)24/h5,14-17,21-23H,1,4,6-11H2,2-3H3/b13-5+/t14-,15-,16+,17+,19-,20-/m0/s1. The number of hydrogen-bond donors (Lipinski definition) is 3. The largest absolute Gasteiger partial charge is 0.459 e. The molecule has 3 fully saturated rings. The molecule has 0 aromatic carbocycles. The molecule has 0 unspecified atom stereocenters. The molecule has 6 atom stereocenters. The minimum atomic E-state index is -0.844. The maximum absolute atomic E-state index is 11.8. The van der Waals surface area contributed by atoms with Gasteiger partial charge in [0.25, 0.3) is 0 Å². The van der Waals surface area contributed by atoms with Crippen LogP contribution in [-0.4, -0.2) is 46.7 Å². The van der Waals surface area contributed by atoms with Crippen molar-refractivity contribution in [3.05, 3.63) is 23.8 Å². The second-order valence-corrected chi connectivity index (χ2v) is 8.54. The smallest absolute Gasteiger partial charge is 0.336 e. The van der Waals surface area contributed by atoms with Gasteiger partial charge in [-0.3, -0.25) is 0 Å². The molecule has 0 amide bonds. The summed E-state index contributed by atoms with van der Waals surface area (Å²) in [5.74, 6) is -0.0734. The molecular weight excluding hydrogens is 320 g/mol. The monoisotopic (exact) mass is 350 g/mol. The average Bonchev–Trinajstić information content (AvgIpc) is 2.89. The van der Waals surface area contributed by atoms with E-state index in [0.29, 0.717) is 18.4 Å². The maximum Gasteiger partial charge on any atom is 0.336 e. The van der Waals surface area contributed by atoms with Gasteiger partial charge in [0.05, 0.1) is 18.3 Å². The summed E-state index contributed by atoms with van der Waals surface area (Å²) < 4.78 is 4.90. The van der Waals surface area contributed by atoms with E-state index in [0.717, 1.165) is 24.8 Å². The Kier molecular flexibility index (Phi) is 4.86. The van der Waals surface area contributed by atoms with E-state index in [9.17, 15) is 20.1 Å². The third-order valence-corrected chi connectivity index (χ3v) is 7.23. The summed E-state index contributed by atoms with van der Waals surface area (Å²) in [6.45, 7) is 8.50. The van der Waals surface area contributed by atoms with Crippen molar-refractivity contribution in [2.24, 2.45) is 22.7 Å². The summed E-state index contributed by atoms with van der Waals surface area (Å²) in [5.41, 5.74) is 0.911. The summed E-state index contributed by atoms with van der Waals surface area (Å²) in [5, 5.41) is 30.4. The van der Waals surface area contributed by atoms with Gasteiger partial charge in [-0.15, -0.1) is 0 Å². The van der Waals surface area contributed by atoms with Crippen molar-refractivity contribution in [3.8, 4) is 0 Å². The van der Waals surface area contributed by atoms with E-state index in [-0.39, 0.29) is 30.5 Å². The fraction of sp³-hybridized carbons (Fsp3) is 0.750. The van der Waals surface area contributed by atoms with Crippen molar-refractivity contribution < 1.29 is 24.9 Å². The first kappa shape index (κ1) is 18.6. The molecule has 1 aliphatic heterocycles. The van der Waals surface area contributed by atoms with Gasteiger partial charge in [-0.1, -0.05) is 32.1 Å². The lowest BCUT2D eigenvalue weighted by atomic mass is 9.46. The van der Waals surface area contributed by atoms with Gasteiger partial charge in [0.1, 0.15) is 12.7 Å². The number of aliphatic hydroxyl groups excluding tert-OH is 3. The van der Waals surface area contributed by atoms with Gasteiger partial charge in [0.2, 0.25) is 0 Å². The number of carbonyl (C=O) groups excluding carboxylic acids is 1. The summed E-state index contributed by atoms with van der Waals surface area (Å²) in [7, 11) is 0. The van der Waals surface area contributed by atoms with E-state index in [1.807, 2.05) is 13.0 Å². The minimum absolute atomic E-state index is 0.0280. The number of hydrogen-bond acceptors (Lipinski definition) is 5. The highest BCUT2D eigenvalue weighted by atomic mass is 16.6. The van der Waals surface area contributed by atoms with E-state index >= 15 is 0 Å². The summed E-state index contributed by atoms with van der Waals surface area (Å²) in [6.07, 6.45) is 4.42. The lowest BCUT2D eigenvalue weighted by Crippen LogP contribution is -2.57. The van der Waals surface area contributed by atoms with Gasteiger partial charge in [-0.2, -0.15) is 0 Å². The molecule has 5 nitrogen and oxygen atoms in total. The Labute approximate surface area is 149 Å². The number of cyclic esters (lactones) is 1. The predicted molar refractivity (Wildman–Crippen MR) is 93.6 cm³/mol. The zero-order chi connectivity index (χ0) is 18.4. The molecule has 2 saturated carbocycles. The average molecular weight is 350 g/mol. The van der Waals surface area contributed by atoms with Crippen molar-refractivity contribution in [2.45, 2.75) is 58.2 Å². The first-order valence-corrected chi connectivity index (χ1v) is 9.26. The van der Waals surface area contributed by atoms with Crippen LogP contribution >= 0.6 is 0 Å². The fourth-order valence-corrected chi connectivity index (χ4v) is 5.56. The number of fused-ring (bicyclic) bond motifs is 1. The summed E-state index contributed by atoms with van der Waals surface area (Å²) in [6, 6.07) is 0. The number of aliphatic hydroxyl groups is 3. The highest BCUT2D eigenvalue weighted by Crippen LogP contribution is 2.61. The second-order valence-electron chi connectivity index (χ2n) is 8.54. The molecule has 1 saturated heterocycles. The van der Waals surface area contributed by atoms with Crippen LogP contribution in [0.3, 0.4) is 0 Å². The van der Waals surface area contributed by atoms with Gasteiger partial charge >= 0.3 is 5.97 Å². The van der Waals surface area contributed by atoms with Crippen LogP contribution in [0.5, 0.6) is 0 Å². The lowest BCUT2D eigenvalue weighted by molar-refractivity contribution is -0.151. The van der Waals surface area contributed by atoms with E-state index in [4.69, 9.17) is 4.74 Å². The number of allylic oxidation sites excluding steroid dienone is 2. The normalized spacial score (nSPS) is 46.2. The molecule has 25 heavy (non-hydrogen) atoms. The Morgan fingerprint density at radius 2 is 2.04 bits per heavy atom. The molecule has 1 heterocycles. The maximum atomic E-state index is 11.8. The third kappa shape index (κ3) is 2.86. The van der Waals surface area contributed by atoms with Gasteiger partial charge in [-0.05, 0) is 49.4 Å². The molecule has 0 aromatic heterocycles. The van der Waals surface area contributed by atoms with Crippen molar-refractivity contribution >= 4 is 5.97 Å². The predicted octanol–water partition coefficient (Wildman–Crippen LogP) is 1.96. The van der Waals surface area contributed by atoms with Gasteiger partial charge in [0.15, 0.2) is 0 Å². The molecular formula is C20H30O5. The molecule has 0 radical (unpaired) electrons. The quantitative estimate of drug-likeness (QED) is 0.411. The molecule has 0 bridgehead atoms. The summed E-state index contributed by atoms with van der Waals surface area (Å²) >= 11 is 0. The van der Waals surface area contributed by atoms with Crippen LogP contribution in [0.2, 0.25) is 0 Å². The van der Waals surface area contributed by atoms with Crippen LogP contribution < -0.4 is 0 Å². The molecule has 0 spiro atoms. The Hall–Kier alpha value is -1.17. The molecule has 3 N–H and O–H groups in total. The number of esters is 1. The van der Waals surface area contributed by atoms with Crippen LogP contribution in [-0.2, 0) is 9.53 Å². The van der Waals surface area contributed by atoms with Crippen LogP contribution in [0.4, 0.5) is 0 Å². The van der Waals surface area contributed by atoms with Crippen LogP contribution in [0, 0.1) is 22.7 Å². The number of carbonyl (C=O) groups is 1. The van der Waals surface area contributed by atoms with Crippen molar-refractivity contribution in [3.63, 3.8) is 0 Å². The minimum Gasteiger partial charge on any atom is -0.459 e. The lowest BCUT2D eigenvalue weighted by Gasteiger charge is -2.59. The fourth-order valence-electron chi connectivity index (χ4n) is 5.56. The topological polar surface area (TPSA) is 87.0 Å². The molecule has 0 aromatic rings. The number of rotatable bonds is 3. The number of ether oxygens (including phenoxy) is 1.